The Morgan fingerprint density at radius 2 is 2.30 bits per heavy atom. The Labute approximate surface area is 124 Å². The van der Waals surface area contributed by atoms with Gasteiger partial charge in [-0.1, -0.05) is 19.8 Å². The SMILES string of the molecule is CC(CNC(=O)NC1CCCCC1CO)c1ccsc1. The first kappa shape index (κ1) is 15.3. The highest BCUT2D eigenvalue weighted by Gasteiger charge is 2.25. The van der Waals surface area contributed by atoms with Gasteiger partial charge in [0.15, 0.2) is 0 Å². The molecule has 1 saturated carbocycles. The maximum atomic E-state index is 11.9. The van der Waals surface area contributed by atoms with Crippen LogP contribution < -0.4 is 10.6 Å². The molecule has 20 heavy (non-hydrogen) atoms. The minimum Gasteiger partial charge on any atom is -0.396 e. The van der Waals surface area contributed by atoms with E-state index in [0.29, 0.717) is 12.5 Å². The van der Waals surface area contributed by atoms with Gasteiger partial charge in [0.2, 0.25) is 0 Å². The quantitative estimate of drug-likeness (QED) is 0.782. The summed E-state index contributed by atoms with van der Waals surface area (Å²) in [5.41, 5.74) is 1.27. The van der Waals surface area contributed by atoms with Crippen LogP contribution in [0.15, 0.2) is 16.8 Å². The summed E-state index contributed by atoms with van der Waals surface area (Å²) >= 11 is 1.68. The van der Waals surface area contributed by atoms with Crippen molar-refractivity contribution in [2.24, 2.45) is 5.92 Å². The van der Waals surface area contributed by atoms with Crippen LogP contribution in [-0.2, 0) is 0 Å². The number of carbonyl (C=O) groups excluding carboxylic acids is 1. The van der Waals surface area contributed by atoms with Crippen molar-refractivity contribution < 1.29 is 9.90 Å². The zero-order valence-electron chi connectivity index (χ0n) is 12.0. The molecule has 1 aromatic rings. The number of hydrogen-bond acceptors (Lipinski definition) is 3. The Morgan fingerprint density at radius 3 is 3.00 bits per heavy atom. The topological polar surface area (TPSA) is 61.4 Å². The van der Waals surface area contributed by atoms with Crippen LogP contribution in [0, 0.1) is 5.92 Å². The molecule has 4 nitrogen and oxygen atoms in total. The molecule has 0 saturated heterocycles. The summed E-state index contributed by atoms with van der Waals surface area (Å²) < 4.78 is 0. The van der Waals surface area contributed by atoms with E-state index < -0.39 is 0 Å². The van der Waals surface area contributed by atoms with Gasteiger partial charge in [-0.25, -0.2) is 4.79 Å². The van der Waals surface area contributed by atoms with Crippen molar-refractivity contribution in [2.45, 2.75) is 44.6 Å². The lowest BCUT2D eigenvalue weighted by Gasteiger charge is -2.31. The zero-order chi connectivity index (χ0) is 14.4. The van der Waals surface area contributed by atoms with E-state index in [2.05, 4.69) is 34.4 Å². The molecule has 1 aromatic heterocycles. The van der Waals surface area contributed by atoms with Crippen molar-refractivity contribution in [1.82, 2.24) is 10.6 Å². The highest BCUT2D eigenvalue weighted by Crippen LogP contribution is 2.24. The molecule has 1 aliphatic carbocycles. The minimum atomic E-state index is -0.113. The second-order valence-electron chi connectivity index (χ2n) is 5.65. The van der Waals surface area contributed by atoms with Gasteiger partial charge < -0.3 is 15.7 Å². The number of hydrogen-bond donors (Lipinski definition) is 3. The lowest BCUT2D eigenvalue weighted by atomic mass is 9.85. The summed E-state index contributed by atoms with van der Waals surface area (Å²) in [6, 6.07) is 2.10. The van der Waals surface area contributed by atoms with Crippen molar-refractivity contribution in [3.05, 3.63) is 22.4 Å². The van der Waals surface area contributed by atoms with Crippen molar-refractivity contribution in [2.75, 3.05) is 13.2 Å². The molecule has 2 amide bonds. The molecule has 1 heterocycles. The molecular weight excluding hydrogens is 272 g/mol. The molecule has 3 atom stereocenters. The van der Waals surface area contributed by atoms with E-state index in [4.69, 9.17) is 0 Å². The van der Waals surface area contributed by atoms with Crippen LogP contribution in [0.5, 0.6) is 0 Å². The Balaban J connectivity index is 1.74. The van der Waals surface area contributed by atoms with Crippen LogP contribution in [0.2, 0.25) is 0 Å². The number of carbonyl (C=O) groups is 1. The third-order valence-corrected chi connectivity index (χ3v) is 4.84. The van der Waals surface area contributed by atoms with E-state index in [0.717, 1.165) is 25.7 Å². The average molecular weight is 296 g/mol. The Hall–Kier alpha value is -1.07. The van der Waals surface area contributed by atoms with E-state index in [1.165, 1.54) is 5.56 Å². The van der Waals surface area contributed by atoms with E-state index in [1.807, 2.05) is 0 Å². The molecule has 3 N–H and O–H groups in total. The highest BCUT2D eigenvalue weighted by atomic mass is 32.1. The highest BCUT2D eigenvalue weighted by molar-refractivity contribution is 7.07. The van der Waals surface area contributed by atoms with Gasteiger partial charge in [0.25, 0.3) is 0 Å². The fourth-order valence-corrected chi connectivity index (χ4v) is 3.54. The predicted octanol–water partition coefficient (Wildman–Crippen LogP) is 2.70. The molecule has 1 aliphatic rings. The predicted molar refractivity (Wildman–Crippen MR) is 82.1 cm³/mol. The number of urea groups is 1. The average Bonchev–Trinajstić information content (AvgIpc) is 2.99. The summed E-state index contributed by atoms with van der Waals surface area (Å²) in [7, 11) is 0. The molecule has 0 spiro atoms. The van der Waals surface area contributed by atoms with Crippen LogP contribution in [0.3, 0.4) is 0 Å². The van der Waals surface area contributed by atoms with Crippen molar-refractivity contribution >= 4 is 17.4 Å². The summed E-state index contributed by atoms with van der Waals surface area (Å²) in [5.74, 6) is 0.538. The third-order valence-electron chi connectivity index (χ3n) is 4.14. The van der Waals surface area contributed by atoms with Gasteiger partial charge >= 0.3 is 6.03 Å². The lowest BCUT2D eigenvalue weighted by Crippen LogP contribution is -2.48. The summed E-state index contributed by atoms with van der Waals surface area (Å²) in [5, 5.41) is 19.5. The van der Waals surface area contributed by atoms with E-state index >= 15 is 0 Å². The van der Waals surface area contributed by atoms with Crippen molar-refractivity contribution in [1.29, 1.82) is 0 Å². The number of rotatable bonds is 5. The molecule has 2 rings (SSSR count). The minimum absolute atomic E-state index is 0.113. The van der Waals surface area contributed by atoms with E-state index in [-0.39, 0.29) is 24.6 Å². The molecule has 0 radical (unpaired) electrons. The van der Waals surface area contributed by atoms with Gasteiger partial charge in [-0.15, -0.1) is 0 Å². The first-order valence-corrected chi connectivity index (χ1v) is 8.32. The maximum absolute atomic E-state index is 11.9. The monoisotopic (exact) mass is 296 g/mol. The van der Waals surface area contributed by atoms with Gasteiger partial charge in [0.1, 0.15) is 0 Å². The second-order valence-corrected chi connectivity index (χ2v) is 6.43. The summed E-state index contributed by atoms with van der Waals surface area (Å²) in [4.78, 5) is 11.9. The Kier molecular flexibility index (Phi) is 5.86. The zero-order valence-corrected chi connectivity index (χ0v) is 12.8. The maximum Gasteiger partial charge on any atom is 0.315 e. The fraction of sp³-hybridized carbons (Fsp3) is 0.667. The number of aliphatic hydroxyl groups excluding tert-OH is 1. The Morgan fingerprint density at radius 1 is 1.50 bits per heavy atom. The Bertz CT molecular complexity index is 408. The second kappa shape index (κ2) is 7.64. The molecule has 5 heteroatoms. The summed E-state index contributed by atoms with van der Waals surface area (Å²) in [6.07, 6.45) is 4.26. The van der Waals surface area contributed by atoms with Gasteiger partial charge in [-0.2, -0.15) is 11.3 Å². The molecule has 0 aromatic carbocycles. The largest absolute Gasteiger partial charge is 0.396 e. The normalized spacial score (nSPS) is 24.1. The van der Waals surface area contributed by atoms with Crippen LogP contribution >= 0.6 is 11.3 Å². The van der Waals surface area contributed by atoms with Gasteiger partial charge in [0.05, 0.1) is 0 Å². The van der Waals surface area contributed by atoms with Crippen molar-refractivity contribution in [3.63, 3.8) is 0 Å². The molecule has 1 fully saturated rings. The van der Waals surface area contributed by atoms with Crippen LogP contribution in [-0.4, -0.2) is 30.3 Å². The first-order valence-electron chi connectivity index (χ1n) is 7.38. The fourth-order valence-electron chi connectivity index (χ4n) is 2.75. The van der Waals surface area contributed by atoms with Gasteiger partial charge in [0, 0.05) is 25.1 Å². The van der Waals surface area contributed by atoms with Crippen molar-refractivity contribution in [3.8, 4) is 0 Å². The standard InChI is InChI=1S/C15H24N2O2S/c1-11(13-6-7-20-10-13)8-16-15(19)17-14-5-3-2-4-12(14)9-18/h6-7,10-12,14,18H,2-5,8-9H2,1H3,(H2,16,17,19). The molecular formula is C15H24N2O2S. The molecule has 3 unspecified atom stereocenters. The smallest absolute Gasteiger partial charge is 0.315 e. The molecule has 0 aliphatic heterocycles. The lowest BCUT2D eigenvalue weighted by molar-refractivity contribution is 0.153. The first-order chi connectivity index (χ1) is 9.70. The van der Waals surface area contributed by atoms with E-state index in [9.17, 15) is 9.90 Å². The number of nitrogens with one attached hydrogen (secondary N) is 2. The van der Waals surface area contributed by atoms with Gasteiger partial charge in [-0.3, -0.25) is 0 Å². The van der Waals surface area contributed by atoms with Crippen LogP contribution in [0.25, 0.3) is 0 Å². The van der Waals surface area contributed by atoms with Crippen LogP contribution in [0.1, 0.15) is 44.1 Å². The van der Waals surface area contributed by atoms with Gasteiger partial charge in [-0.05, 0) is 41.1 Å². The molecule has 0 bridgehead atoms. The third kappa shape index (κ3) is 4.21. The number of thiophene rings is 1. The number of amides is 2. The molecule has 112 valence electrons. The summed E-state index contributed by atoms with van der Waals surface area (Å²) in [6.45, 7) is 2.91. The van der Waals surface area contributed by atoms with E-state index in [1.54, 1.807) is 11.3 Å². The number of aliphatic hydroxyl groups is 1. The van der Waals surface area contributed by atoms with Crippen LogP contribution in [0.4, 0.5) is 4.79 Å².